The van der Waals surface area contributed by atoms with E-state index in [4.69, 9.17) is 10.5 Å². The van der Waals surface area contributed by atoms with Gasteiger partial charge in [-0.3, -0.25) is 4.57 Å². The molecule has 0 aliphatic rings. The Kier molecular flexibility index (Phi) is 4.11. The highest BCUT2D eigenvalue weighted by molar-refractivity contribution is 5.28. The second-order valence-corrected chi connectivity index (χ2v) is 4.17. The lowest BCUT2D eigenvalue weighted by Gasteiger charge is -2.10. The van der Waals surface area contributed by atoms with E-state index >= 15 is 0 Å². The van der Waals surface area contributed by atoms with E-state index in [0.29, 0.717) is 5.75 Å². The van der Waals surface area contributed by atoms with Gasteiger partial charge in [0.25, 0.3) is 0 Å². The third-order valence-electron chi connectivity index (χ3n) is 2.73. The molecule has 2 N–H and O–H groups in total. The van der Waals surface area contributed by atoms with Crippen molar-refractivity contribution in [2.24, 2.45) is 5.73 Å². The molecule has 0 fully saturated rings. The first-order chi connectivity index (χ1) is 9.08. The third kappa shape index (κ3) is 3.29. The highest BCUT2D eigenvalue weighted by Crippen LogP contribution is 2.18. The Hall–Kier alpha value is -1.95. The van der Waals surface area contributed by atoms with Crippen molar-refractivity contribution in [2.45, 2.75) is 26.1 Å². The predicted octanol–water partition coefficient (Wildman–Crippen LogP) is 2.88. The first-order valence-corrected chi connectivity index (χ1v) is 5.86. The molecule has 0 aliphatic carbocycles. The third-order valence-corrected chi connectivity index (χ3v) is 2.73. The molecule has 2 aromatic rings. The van der Waals surface area contributed by atoms with E-state index in [1.807, 2.05) is 19.1 Å². The Morgan fingerprint density at radius 3 is 2.58 bits per heavy atom. The maximum atomic E-state index is 12.6. The molecule has 1 aromatic carbocycles. The minimum atomic E-state index is -2.61. The van der Waals surface area contributed by atoms with Crippen LogP contribution in [0.25, 0.3) is 0 Å². The molecule has 1 heterocycles. The summed E-state index contributed by atoms with van der Waals surface area (Å²) < 4.78 is 31.4. The monoisotopic (exact) mass is 267 g/mol. The van der Waals surface area contributed by atoms with Gasteiger partial charge in [0.05, 0.1) is 0 Å². The van der Waals surface area contributed by atoms with Gasteiger partial charge in [-0.25, -0.2) is 4.98 Å². The quantitative estimate of drug-likeness (QED) is 0.906. The number of imidazole rings is 1. The van der Waals surface area contributed by atoms with Crippen LogP contribution in [0.1, 0.15) is 30.9 Å². The molecule has 1 unspecified atom stereocenters. The summed E-state index contributed by atoms with van der Waals surface area (Å²) in [5, 5.41) is 0. The summed E-state index contributed by atoms with van der Waals surface area (Å²) in [5.41, 5.74) is 6.72. The molecule has 0 saturated heterocycles. The number of benzene rings is 1. The molecular formula is C13H15F2N3O. The normalized spacial score (nSPS) is 12.7. The summed E-state index contributed by atoms with van der Waals surface area (Å²) >= 11 is 0. The number of ether oxygens (including phenoxy) is 1. The molecule has 1 aromatic heterocycles. The SMILES string of the molecule is CC(N)c1ccc(OCc2nccn2C(F)F)cc1. The molecule has 0 aliphatic heterocycles. The maximum Gasteiger partial charge on any atom is 0.320 e. The van der Waals surface area contributed by atoms with Crippen LogP contribution in [0.3, 0.4) is 0 Å². The summed E-state index contributed by atoms with van der Waals surface area (Å²) in [4.78, 5) is 3.84. The van der Waals surface area contributed by atoms with Crippen LogP contribution in [-0.2, 0) is 6.61 Å². The minimum Gasteiger partial charge on any atom is -0.486 e. The number of nitrogens with zero attached hydrogens (tertiary/aromatic N) is 2. The van der Waals surface area contributed by atoms with Crippen LogP contribution in [-0.4, -0.2) is 9.55 Å². The van der Waals surface area contributed by atoms with Crippen molar-refractivity contribution in [3.05, 3.63) is 48.0 Å². The Bertz CT molecular complexity index is 523. The van der Waals surface area contributed by atoms with E-state index in [0.717, 1.165) is 10.1 Å². The molecule has 0 spiro atoms. The van der Waals surface area contributed by atoms with Gasteiger partial charge in [0.15, 0.2) is 5.82 Å². The highest BCUT2D eigenvalue weighted by Gasteiger charge is 2.11. The predicted molar refractivity (Wildman–Crippen MR) is 66.9 cm³/mol. The number of hydrogen-bond donors (Lipinski definition) is 1. The molecule has 0 amide bonds. The number of halogens is 2. The van der Waals surface area contributed by atoms with E-state index in [2.05, 4.69) is 4.98 Å². The lowest BCUT2D eigenvalue weighted by molar-refractivity contribution is 0.0632. The van der Waals surface area contributed by atoms with Crippen LogP contribution >= 0.6 is 0 Å². The van der Waals surface area contributed by atoms with Crippen LogP contribution in [0.15, 0.2) is 36.7 Å². The molecule has 0 bridgehead atoms. The van der Waals surface area contributed by atoms with E-state index in [9.17, 15) is 8.78 Å². The van der Waals surface area contributed by atoms with Gasteiger partial charge in [0, 0.05) is 18.4 Å². The molecule has 102 valence electrons. The summed E-state index contributed by atoms with van der Waals surface area (Å²) in [6.07, 6.45) is 2.55. The first-order valence-electron chi connectivity index (χ1n) is 5.86. The van der Waals surface area contributed by atoms with E-state index in [-0.39, 0.29) is 18.5 Å². The summed E-state index contributed by atoms with van der Waals surface area (Å²) in [7, 11) is 0. The van der Waals surface area contributed by atoms with Gasteiger partial charge in [-0.2, -0.15) is 8.78 Å². The van der Waals surface area contributed by atoms with Crippen molar-refractivity contribution in [2.75, 3.05) is 0 Å². The van der Waals surface area contributed by atoms with Gasteiger partial charge in [-0.15, -0.1) is 0 Å². The first kappa shape index (κ1) is 13.5. The maximum absolute atomic E-state index is 12.6. The van der Waals surface area contributed by atoms with Crippen LogP contribution in [0.2, 0.25) is 0 Å². The number of alkyl halides is 2. The molecule has 2 rings (SSSR count). The largest absolute Gasteiger partial charge is 0.486 e. The van der Waals surface area contributed by atoms with Crippen molar-refractivity contribution in [1.82, 2.24) is 9.55 Å². The minimum absolute atomic E-state index is 0.00509. The lowest BCUT2D eigenvalue weighted by Crippen LogP contribution is -2.07. The Morgan fingerprint density at radius 1 is 1.32 bits per heavy atom. The summed E-state index contributed by atoms with van der Waals surface area (Å²) in [6, 6.07) is 7.16. The van der Waals surface area contributed by atoms with Gasteiger partial charge in [0.2, 0.25) is 0 Å². The van der Waals surface area contributed by atoms with Gasteiger partial charge in [-0.05, 0) is 24.6 Å². The van der Waals surface area contributed by atoms with Crippen molar-refractivity contribution >= 4 is 0 Å². The Labute approximate surface area is 109 Å². The highest BCUT2D eigenvalue weighted by atomic mass is 19.3. The molecular weight excluding hydrogens is 252 g/mol. The zero-order chi connectivity index (χ0) is 13.8. The van der Waals surface area contributed by atoms with Crippen molar-refractivity contribution in [1.29, 1.82) is 0 Å². The zero-order valence-corrected chi connectivity index (χ0v) is 10.5. The zero-order valence-electron chi connectivity index (χ0n) is 10.5. The molecule has 0 radical (unpaired) electrons. The van der Waals surface area contributed by atoms with Crippen LogP contribution < -0.4 is 10.5 Å². The Morgan fingerprint density at radius 2 is 2.00 bits per heavy atom. The van der Waals surface area contributed by atoms with E-state index in [1.54, 1.807) is 12.1 Å². The second-order valence-electron chi connectivity index (χ2n) is 4.17. The van der Waals surface area contributed by atoms with Crippen molar-refractivity contribution < 1.29 is 13.5 Å². The molecule has 1 atom stereocenters. The van der Waals surface area contributed by atoms with Crippen LogP contribution in [0.4, 0.5) is 8.78 Å². The van der Waals surface area contributed by atoms with Gasteiger partial charge in [-0.1, -0.05) is 12.1 Å². The standard InChI is InChI=1S/C13H15F2N3O/c1-9(16)10-2-4-11(5-3-10)19-8-12-17-6-7-18(12)13(14)15/h2-7,9,13H,8,16H2,1H3. The molecule has 0 saturated carbocycles. The average molecular weight is 267 g/mol. The molecule has 4 nitrogen and oxygen atoms in total. The van der Waals surface area contributed by atoms with Crippen LogP contribution in [0, 0.1) is 0 Å². The second kappa shape index (κ2) is 5.79. The smallest absolute Gasteiger partial charge is 0.320 e. The summed E-state index contributed by atoms with van der Waals surface area (Å²) in [6.45, 7) is -0.731. The van der Waals surface area contributed by atoms with Gasteiger partial charge in [0.1, 0.15) is 12.4 Å². The molecule has 19 heavy (non-hydrogen) atoms. The van der Waals surface area contributed by atoms with Gasteiger partial charge < -0.3 is 10.5 Å². The number of hydrogen-bond acceptors (Lipinski definition) is 3. The van der Waals surface area contributed by atoms with Crippen LogP contribution in [0.5, 0.6) is 5.75 Å². The number of nitrogens with two attached hydrogens (primary N) is 1. The van der Waals surface area contributed by atoms with Crippen molar-refractivity contribution in [3.63, 3.8) is 0 Å². The topological polar surface area (TPSA) is 53.1 Å². The van der Waals surface area contributed by atoms with E-state index in [1.165, 1.54) is 12.4 Å². The average Bonchev–Trinajstić information content (AvgIpc) is 2.85. The van der Waals surface area contributed by atoms with Crippen molar-refractivity contribution in [3.8, 4) is 5.75 Å². The fourth-order valence-corrected chi connectivity index (χ4v) is 1.65. The lowest BCUT2D eigenvalue weighted by atomic mass is 10.1. The molecule has 6 heteroatoms. The number of aromatic nitrogens is 2. The fraction of sp³-hybridized carbons (Fsp3) is 0.308. The Balaban J connectivity index is 2.00. The van der Waals surface area contributed by atoms with Gasteiger partial charge >= 0.3 is 6.55 Å². The number of rotatable bonds is 5. The summed E-state index contributed by atoms with van der Waals surface area (Å²) in [5.74, 6) is 0.777. The fourth-order valence-electron chi connectivity index (χ4n) is 1.65. The van der Waals surface area contributed by atoms with E-state index < -0.39 is 6.55 Å².